The van der Waals surface area contributed by atoms with Crippen molar-refractivity contribution in [3.8, 4) is 0 Å². The van der Waals surface area contributed by atoms with Crippen LogP contribution in [0, 0.1) is 5.41 Å². The summed E-state index contributed by atoms with van der Waals surface area (Å²) in [5.41, 5.74) is 1.50. The molecule has 2 rings (SSSR count). The molecule has 0 aromatic carbocycles. The van der Waals surface area contributed by atoms with E-state index in [-0.39, 0.29) is 5.38 Å². The summed E-state index contributed by atoms with van der Waals surface area (Å²) in [7, 11) is 0. The summed E-state index contributed by atoms with van der Waals surface area (Å²) in [6, 6.07) is 6.07. The van der Waals surface area contributed by atoms with Crippen molar-refractivity contribution in [2.75, 3.05) is 0 Å². The maximum absolute atomic E-state index is 6.64. The van der Waals surface area contributed by atoms with Crippen LogP contribution in [0.3, 0.4) is 0 Å². The first-order chi connectivity index (χ1) is 7.77. The largest absolute Gasteiger partial charge is 0.261 e. The molecule has 1 aromatic rings. The highest BCUT2D eigenvalue weighted by Gasteiger charge is 2.38. The molecule has 0 spiro atoms. The fourth-order valence-electron chi connectivity index (χ4n) is 2.89. The number of halogens is 1. The summed E-state index contributed by atoms with van der Waals surface area (Å²) >= 11 is 6.64. The predicted molar refractivity (Wildman–Crippen MR) is 68.8 cm³/mol. The van der Waals surface area contributed by atoms with E-state index < -0.39 is 0 Å². The Hall–Kier alpha value is -0.560. The van der Waals surface area contributed by atoms with E-state index in [2.05, 4.69) is 18.0 Å². The Balaban J connectivity index is 2.04. The second-order valence-electron chi connectivity index (χ2n) is 4.92. The zero-order chi connectivity index (χ0) is 11.4. The lowest BCUT2D eigenvalue weighted by molar-refractivity contribution is 0.266. The topological polar surface area (TPSA) is 12.9 Å². The molecule has 0 saturated heterocycles. The van der Waals surface area contributed by atoms with Crippen LogP contribution >= 0.6 is 11.6 Å². The average Bonchev–Trinajstić information content (AvgIpc) is 2.80. The van der Waals surface area contributed by atoms with E-state index >= 15 is 0 Å². The number of hydrogen-bond donors (Lipinski definition) is 0. The van der Waals surface area contributed by atoms with Crippen LogP contribution in [0.4, 0.5) is 0 Å². The average molecular weight is 238 g/mol. The SMILES string of the molecule is CCC1(C(Cl)Cc2ccccn2)CCCC1. The van der Waals surface area contributed by atoms with Gasteiger partial charge in [0, 0.05) is 23.7 Å². The van der Waals surface area contributed by atoms with E-state index in [0.717, 1.165) is 12.1 Å². The molecule has 1 aromatic heterocycles. The number of hydrogen-bond acceptors (Lipinski definition) is 1. The summed E-state index contributed by atoms with van der Waals surface area (Å²) < 4.78 is 0. The van der Waals surface area contributed by atoms with Crippen LogP contribution < -0.4 is 0 Å². The number of aromatic nitrogens is 1. The second kappa shape index (κ2) is 5.18. The monoisotopic (exact) mass is 237 g/mol. The highest BCUT2D eigenvalue weighted by Crippen LogP contribution is 2.46. The lowest BCUT2D eigenvalue weighted by Crippen LogP contribution is -2.29. The molecule has 16 heavy (non-hydrogen) atoms. The van der Waals surface area contributed by atoms with Gasteiger partial charge in [0.05, 0.1) is 0 Å². The first-order valence-electron chi connectivity index (χ1n) is 6.31. The molecule has 2 heteroatoms. The van der Waals surface area contributed by atoms with Gasteiger partial charge in [-0.15, -0.1) is 11.6 Å². The van der Waals surface area contributed by atoms with E-state index in [1.807, 2.05) is 18.3 Å². The summed E-state index contributed by atoms with van der Waals surface area (Å²) in [4.78, 5) is 4.37. The van der Waals surface area contributed by atoms with Crippen molar-refractivity contribution in [1.29, 1.82) is 0 Å². The molecule has 1 fully saturated rings. The maximum Gasteiger partial charge on any atom is 0.0447 e. The molecular weight excluding hydrogens is 218 g/mol. The van der Waals surface area contributed by atoms with Gasteiger partial charge in [0.2, 0.25) is 0 Å². The van der Waals surface area contributed by atoms with E-state index in [9.17, 15) is 0 Å². The molecule has 1 unspecified atom stereocenters. The molecule has 0 bridgehead atoms. The standard InChI is InChI=1S/C14H20ClN/c1-2-14(8-4-5-9-14)13(15)11-12-7-3-6-10-16-12/h3,6-7,10,13H,2,4-5,8-9,11H2,1H3. The molecule has 1 heterocycles. The van der Waals surface area contributed by atoms with Gasteiger partial charge in [-0.05, 0) is 36.8 Å². The van der Waals surface area contributed by atoms with Gasteiger partial charge in [0.25, 0.3) is 0 Å². The van der Waals surface area contributed by atoms with Gasteiger partial charge in [0.1, 0.15) is 0 Å². The molecule has 88 valence electrons. The van der Waals surface area contributed by atoms with E-state index in [4.69, 9.17) is 11.6 Å². The van der Waals surface area contributed by atoms with Gasteiger partial charge >= 0.3 is 0 Å². The van der Waals surface area contributed by atoms with Crippen molar-refractivity contribution >= 4 is 11.6 Å². The van der Waals surface area contributed by atoms with E-state index in [1.54, 1.807) is 0 Å². The van der Waals surface area contributed by atoms with Crippen molar-refractivity contribution in [2.24, 2.45) is 5.41 Å². The third-order valence-corrected chi connectivity index (χ3v) is 4.70. The molecule has 0 N–H and O–H groups in total. The molecule has 1 aliphatic rings. The van der Waals surface area contributed by atoms with Gasteiger partial charge in [-0.1, -0.05) is 25.8 Å². The van der Waals surface area contributed by atoms with Crippen molar-refractivity contribution in [3.05, 3.63) is 30.1 Å². The molecule has 1 nitrogen and oxygen atoms in total. The van der Waals surface area contributed by atoms with Gasteiger partial charge in [-0.2, -0.15) is 0 Å². The minimum Gasteiger partial charge on any atom is -0.261 e. The highest BCUT2D eigenvalue weighted by atomic mass is 35.5. The Labute approximate surface area is 103 Å². The molecule has 1 aliphatic carbocycles. The fraction of sp³-hybridized carbons (Fsp3) is 0.643. The van der Waals surface area contributed by atoms with E-state index in [0.29, 0.717) is 5.41 Å². The van der Waals surface area contributed by atoms with E-state index in [1.165, 1.54) is 32.1 Å². The van der Waals surface area contributed by atoms with Crippen LogP contribution in [0.15, 0.2) is 24.4 Å². The number of nitrogens with zero attached hydrogens (tertiary/aromatic N) is 1. The van der Waals surface area contributed by atoms with Crippen molar-refractivity contribution in [1.82, 2.24) is 4.98 Å². The highest BCUT2D eigenvalue weighted by molar-refractivity contribution is 6.21. The Morgan fingerprint density at radius 1 is 1.38 bits per heavy atom. The van der Waals surface area contributed by atoms with Gasteiger partial charge < -0.3 is 0 Å². The van der Waals surface area contributed by atoms with Gasteiger partial charge in [-0.25, -0.2) is 0 Å². The van der Waals surface area contributed by atoms with Crippen LogP contribution in [0.1, 0.15) is 44.7 Å². The number of rotatable bonds is 4. The van der Waals surface area contributed by atoms with Crippen LogP contribution in [0.5, 0.6) is 0 Å². The van der Waals surface area contributed by atoms with Crippen LogP contribution in [-0.2, 0) is 6.42 Å². The van der Waals surface area contributed by atoms with Gasteiger partial charge in [0.15, 0.2) is 0 Å². The van der Waals surface area contributed by atoms with Crippen molar-refractivity contribution in [2.45, 2.75) is 50.8 Å². The third-order valence-electron chi connectivity index (χ3n) is 4.08. The zero-order valence-electron chi connectivity index (χ0n) is 9.95. The van der Waals surface area contributed by atoms with Crippen molar-refractivity contribution in [3.63, 3.8) is 0 Å². The lowest BCUT2D eigenvalue weighted by atomic mass is 9.78. The summed E-state index contributed by atoms with van der Waals surface area (Å²) in [5.74, 6) is 0. The van der Waals surface area contributed by atoms with Crippen LogP contribution in [-0.4, -0.2) is 10.4 Å². The smallest absolute Gasteiger partial charge is 0.0447 e. The Bertz CT molecular complexity index is 317. The molecule has 0 radical (unpaired) electrons. The molecule has 1 saturated carbocycles. The summed E-state index contributed by atoms with van der Waals surface area (Å²) in [6.07, 6.45) is 9.25. The van der Waals surface area contributed by atoms with Crippen LogP contribution in [0.25, 0.3) is 0 Å². The first-order valence-corrected chi connectivity index (χ1v) is 6.74. The van der Waals surface area contributed by atoms with Crippen LogP contribution in [0.2, 0.25) is 0 Å². The molecule has 1 atom stereocenters. The maximum atomic E-state index is 6.64. The Kier molecular flexibility index (Phi) is 3.86. The van der Waals surface area contributed by atoms with Gasteiger partial charge in [-0.3, -0.25) is 4.98 Å². The summed E-state index contributed by atoms with van der Waals surface area (Å²) in [5, 5.41) is 0.245. The molecule has 0 amide bonds. The normalized spacial score (nSPS) is 20.9. The molecular formula is C14H20ClN. The second-order valence-corrected chi connectivity index (χ2v) is 5.44. The zero-order valence-corrected chi connectivity index (χ0v) is 10.7. The van der Waals surface area contributed by atoms with Crippen molar-refractivity contribution < 1.29 is 0 Å². The third kappa shape index (κ3) is 2.40. The first kappa shape index (κ1) is 11.9. The number of pyridine rings is 1. The minimum atomic E-state index is 0.245. The fourth-order valence-corrected chi connectivity index (χ4v) is 3.42. The summed E-state index contributed by atoms with van der Waals surface area (Å²) in [6.45, 7) is 2.28. The minimum absolute atomic E-state index is 0.245. The Morgan fingerprint density at radius 3 is 2.69 bits per heavy atom. The number of alkyl halides is 1. The lowest BCUT2D eigenvalue weighted by Gasteiger charge is -2.32. The quantitative estimate of drug-likeness (QED) is 0.716. The predicted octanol–water partition coefficient (Wildman–Crippen LogP) is 4.20. The Morgan fingerprint density at radius 2 is 2.12 bits per heavy atom. The molecule has 0 aliphatic heterocycles.